The molecule has 0 aliphatic heterocycles. The monoisotopic (exact) mass is 187 g/mol. The molecule has 0 spiro atoms. The van der Waals surface area contributed by atoms with Crippen molar-refractivity contribution >= 4 is 11.6 Å². The summed E-state index contributed by atoms with van der Waals surface area (Å²) in [7, 11) is 0. The number of hydrogen-bond acceptors (Lipinski definition) is 2. The highest BCUT2D eigenvalue weighted by atomic mass is 35.5. The Balaban J connectivity index is 3.01. The van der Waals surface area contributed by atoms with E-state index in [1.165, 1.54) is 6.08 Å². The van der Waals surface area contributed by atoms with Crippen molar-refractivity contribution in [2.45, 2.75) is 20.3 Å². The molecule has 4 heteroatoms. The number of allylic oxidation sites excluding steroid dienone is 4. The lowest BCUT2D eigenvalue weighted by molar-refractivity contribution is -0.433. The Morgan fingerprint density at radius 1 is 1.75 bits per heavy atom. The minimum atomic E-state index is -0.362. The van der Waals surface area contributed by atoms with Gasteiger partial charge in [0.1, 0.15) is 0 Å². The summed E-state index contributed by atoms with van der Waals surface area (Å²) < 4.78 is 0. The second-order valence-corrected chi connectivity index (χ2v) is 3.47. The van der Waals surface area contributed by atoms with Crippen LogP contribution in [0.25, 0.3) is 0 Å². The molecule has 0 radical (unpaired) electrons. The molecule has 1 rings (SSSR count). The zero-order chi connectivity index (χ0) is 9.30. The van der Waals surface area contributed by atoms with E-state index in [0.717, 1.165) is 5.57 Å². The van der Waals surface area contributed by atoms with Crippen molar-refractivity contribution in [1.29, 1.82) is 0 Å². The Hall–Kier alpha value is -0.830. The number of nitro groups is 1. The van der Waals surface area contributed by atoms with Crippen molar-refractivity contribution in [3.63, 3.8) is 0 Å². The lowest BCUT2D eigenvalue weighted by Gasteiger charge is -2.14. The summed E-state index contributed by atoms with van der Waals surface area (Å²) in [4.78, 5) is 10.1. The van der Waals surface area contributed by atoms with E-state index < -0.39 is 0 Å². The predicted octanol–water partition coefficient (Wildman–Crippen LogP) is 2.70. The highest BCUT2D eigenvalue weighted by molar-refractivity contribution is 6.31. The quantitative estimate of drug-likeness (QED) is 0.468. The van der Waals surface area contributed by atoms with Crippen LogP contribution in [-0.2, 0) is 0 Å². The molecule has 1 aliphatic rings. The molecule has 1 atom stereocenters. The van der Waals surface area contributed by atoms with Crippen LogP contribution in [0.4, 0.5) is 0 Å². The summed E-state index contributed by atoms with van der Waals surface area (Å²) in [6, 6.07) is 0. The number of hydrogen-bond donors (Lipinski definition) is 0. The average molecular weight is 188 g/mol. The maximum absolute atomic E-state index is 10.5. The van der Waals surface area contributed by atoms with Crippen LogP contribution in [0.1, 0.15) is 20.3 Å². The number of nitrogens with zero attached hydrogens (tertiary/aromatic N) is 1. The van der Waals surface area contributed by atoms with E-state index in [4.69, 9.17) is 11.6 Å². The van der Waals surface area contributed by atoms with Gasteiger partial charge in [0.2, 0.25) is 0 Å². The molecule has 1 unspecified atom stereocenters. The Bertz CT molecular complexity index is 281. The fourth-order valence-electron chi connectivity index (χ4n) is 1.29. The first-order valence-electron chi connectivity index (χ1n) is 3.73. The van der Waals surface area contributed by atoms with E-state index in [1.54, 1.807) is 0 Å². The molecule has 0 amide bonds. The van der Waals surface area contributed by atoms with Gasteiger partial charge in [-0.25, -0.2) is 0 Å². The van der Waals surface area contributed by atoms with Crippen LogP contribution in [0.2, 0.25) is 0 Å². The van der Waals surface area contributed by atoms with Gasteiger partial charge in [-0.05, 0) is 13.3 Å². The van der Waals surface area contributed by atoms with Crippen molar-refractivity contribution in [2.75, 3.05) is 0 Å². The molecular formula is C8H10ClNO2. The number of rotatable bonds is 1. The first-order valence-corrected chi connectivity index (χ1v) is 4.11. The molecule has 66 valence electrons. The van der Waals surface area contributed by atoms with Gasteiger partial charge in [0, 0.05) is 11.1 Å². The van der Waals surface area contributed by atoms with Gasteiger partial charge in [0.05, 0.1) is 10.8 Å². The van der Waals surface area contributed by atoms with Crippen molar-refractivity contribution in [1.82, 2.24) is 0 Å². The SMILES string of the molecule is CC1=C(Cl)C=C([N+](=O)[O-])C(C)C1. The van der Waals surface area contributed by atoms with E-state index in [2.05, 4.69) is 0 Å². The van der Waals surface area contributed by atoms with Crippen molar-refractivity contribution in [3.8, 4) is 0 Å². The summed E-state index contributed by atoms with van der Waals surface area (Å²) in [5.74, 6) is -0.0255. The van der Waals surface area contributed by atoms with E-state index in [9.17, 15) is 10.1 Å². The Morgan fingerprint density at radius 3 is 2.83 bits per heavy atom. The molecule has 0 saturated carbocycles. The van der Waals surface area contributed by atoms with Gasteiger partial charge in [-0.15, -0.1) is 0 Å². The first kappa shape index (κ1) is 9.26. The largest absolute Gasteiger partial charge is 0.259 e. The molecule has 0 aromatic rings. The van der Waals surface area contributed by atoms with E-state index in [-0.39, 0.29) is 16.5 Å². The second kappa shape index (κ2) is 3.27. The molecule has 0 fully saturated rings. The van der Waals surface area contributed by atoms with Crippen molar-refractivity contribution in [2.24, 2.45) is 5.92 Å². The van der Waals surface area contributed by atoms with Gasteiger partial charge in [-0.1, -0.05) is 24.1 Å². The first-order chi connectivity index (χ1) is 5.52. The van der Waals surface area contributed by atoms with Crippen LogP contribution in [0.15, 0.2) is 22.4 Å². The smallest absolute Gasteiger partial charge is 0.250 e. The van der Waals surface area contributed by atoms with Gasteiger partial charge in [0.25, 0.3) is 5.70 Å². The van der Waals surface area contributed by atoms with Crippen molar-refractivity contribution in [3.05, 3.63) is 32.5 Å². The topological polar surface area (TPSA) is 43.1 Å². The predicted molar refractivity (Wildman–Crippen MR) is 47.4 cm³/mol. The number of halogens is 1. The lowest BCUT2D eigenvalue weighted by atomic mass is 9.94. The summed E-state index contributed by atoms with van der Waals surface area (Å²) in [5, 5.41) is 11.0. The lowest BCUT2D eigenvalue weighted by Crippen LogP contribution is -2.12. The molecule has 0 bridgehead atoms. The molecule has 3 nitrogen and oxygen atoms in total. The normalized spacial score (nSPS) is 23.9. The second-order valence-electron chi connectivity index (χ2n) is 3.06. The van der Waals surface area contributed by atoms with E-state index >= 15 is 0 Å². The van der Waals surface area contributed by atoms with Crippen LogP contribution in [0.5, 0.6) is 0 Å². The van der Waals surface area contributed by atoms with Crippen LogP contribution in [0, 0.1) is 16.0 Å². The van der Waals surface area contributed by atoms with E-state index in [1.807, 2.05) is 13.8 Å². The van der Waals surface area contributed by atoms with Gasteiger partial charge in [0.15, 0.2) is 0 Å². The van der Waals surface area contributed by atoms with Gasteiger partial charge in [-0.3, -0.25) is 10.1 Å². The van der Waals surface area contributed by atoms with Crippen molar-refractivity contribution < 1.29 is 4.92 Å². The highest BCUT2D eigenvalue weighted by Crippen LogP contribution is 2.30. The minimum absolute atomic E-state index is 0.0255. The van der Waals surface area contributed by atoms with Crippen LogP contribution < -0.4 is 0 Å². The summed E-state index contributed by atoms with van der Waals surface area (Å²) in [5.41, 5.74) is 1.24. The summed E-state index contributed by atoms with van der Waals surface area (Å²) in [6.07, 6.45) is 2.14. The molecular weight excluding hydrogens is 178 g/mol. The molecule has 0 aromatic carbocycles. The van der Waals surface area contributed by atoms with E-state index in [0.29, 0.717) is 11.5 Å². The Labute approximate surface area is 75.9 Å². The minimum Gasteiger partial charge on any atom is -0.259 e. The molecule has 0 N–H and O–H groups in total. The Morgan fingerprint density at radius 2 is 2.33 bits per heavy atom. The maximum atomic E-state index is 10.5. The molecule has 1 aliphatic carbocycles. The van der Waals surface area contributed by atoms with Crippen LogP contribution in [0.3, 0.4) is 0 Å². The molecule has 0 aromatic heterocycles. The third-order valence-electron chi connectivity index (χ3n) is 2.01. The Kier molecular flexibility index (Phi) is 2.52. The third kappa shape index (κ3) is 1.67. The average Bonchev–Trinajstić information content (AvgIpc) is 1.96. The molecule has 12 heavy (non-hydrogen) atoms. The fraction of sp³-hybridized carbons (Fsp3) is 0.500. The molecule has 0 saturated heterocycles. The van der Waals surface area contributed by atoms with Crippen LogP contribution in [-0.4, -0.2) is 4.92 Å². The summed E-state index contributed by atoms with van der Waals surface area (Å²) in [6.45, 7) is 3.73. The van der Waals surface area contributed by atoms with Gasteiger partial charge < -0.3 is 0 Å². The zero-order valence-corrected chi connectivity index (χ0v) is 7.76. The van der Waals surface area contributed by atoms with Crippen LogP contribution >= 0.6 is 11.6 Å². The van der Waals surface area contributed by atoms with Gasteiger partial charge >= 0.3 is 0 Å². The highest BCUT2D eigenvalue weighted by Gasteiger charge is 2.25. The zero-order valence-electron chi connectivity index (χ0n) is 7.00. The standard InChI is InChI=1S/C8H10ClNO2/c1-5-3-6(2)8(10(11)12)4-7(5)9/h4,6H,3H2,1-2H3. The molecule has 0 heterocycles. The maximum Gasteiger partial charge on any atom is 0.250 e. The fourth-order valence-corrected chi connectivity index (χ4v) is 1.48. The van der Waals surface area contributed by atoms with Gasteiger partial charge in [-0.2, -0.15) is 0 Å². The third-order valence-corrected chi connectivity index (χ3v) is 2.44. The summed E-state index contributed by atoms with van der Waals surface area (Å²) >= 11 is 5.77.